The Balaban J connectivity index is 1.96. The number of hydrogen-bond donors (Lipinski definition) is 0. The highest BCUT2D eigenvalue weighted by atomic mass is 35.5. The molecular formula is C18H26Cl2N2O. The molecule has 1 fully saturated rings. The summed E-state index contributed by atoms with van der Waals surface area (Å²) in [7, 11) is 4.09. The van der Waals surface area contributed by atoms with Crippen LogP contribution in [-0.4, -0.2) is 48.9 Å². The molecule has 23 heavy (non-hydrogen) atoms. The van der Waals surface area contributed by atoms with E-state index in [4.69, 9.17) is 23.2 Å². The normalized spacial score (nSPS) is 15.3. The van der Waals surface area contributed by atoms with Crippen molar-refractivity contribution in [3.8, 4) is 0 Å². The summed E-state index contributed by atoms with van der Waals surface area (Å²) >= 11 is 12.1. The van der Waals surface area contributed by atoms with Crippen molar-refractivity contribution >= 4 is 29.1 Å². The van der Waals surface area contributed by atoms with Crippen molar-refractivity contribution < 1.29 is 4.79 Å². The van der Waals surface area contributed by atoms with E-state index < -0.39 is 0 Å². The average molecular weight is 357 g/mol. The SMILES string of the molecule is CN(C)CCN(C(=O)CCc1ccc(Cl)cc1Cl)C1CCCC1. The van der Waals surface area contributed by atoms with Crippen LogP contribution < -0.4 is 0 Å². The van der Waals surface area contributed by atoms with Crippen LogP contribution in [0.3, 0.4) is 0 Å². The second-order valence-electron chi connectivity index (χ2n) is 6.56. The van der Waals surface area contributed by atoms with Gasteiger partial charge in [-0.05, 0) is 51.1 Å². The van der Waals surface area contributed by atoms with Crippen LogP contribution in [0.4, 0.5) is 0 Å². The van der Waals surface area contributed by atoms with Gasteiger partial charge in [0.15, 0.2) is 0 Å². The molecule has 1 amide bonds. The van der Waals surface area contributed by atoms with E-state index in [9.17, 15) is 4.79 Å². The van der Waals surface area contributed by atoms with Crippen LogP contribution in [0.25, 0.3) is 0 Å². The van der Waals surface area contributed by atoms with Crippen LogP contribution in [0, 0.1) is 0 Å². The number of likely N-dealkylation sites (N-methyl/N-ethyl adjacent to an activating group) is 1. The Hall–Kier alpha value is -0.770. The fraction of sp³-hybridized carbons (Fsp3) is 0.611. The minimum absolute atomic E-state index is 0.241. The first kappa shape index (κ1) is 18.6. The van der Waals surface area contributed by atoms with Gasteiger partial charge < -0.3 is 9.80 Å². The van der Waals surface area contributed by atoms with Gasteiger partial charge in [-0.25, -0.2) is 0 Å². The average Bonchev–Trinajstić information content (AvgIpc) is 3.00. The molecule has 128 valence electrons. The zero-order valence-corrected chi connectivity index (χ0v) is 15.5. The minimum atomic E-state index is 0.241. The molecule has 2 rings (SSSR count). The molecule has 3 nitrogen and oxygen atoms in total. The molecule has 0 unspecified atom stereocenters. The summed E-state index contributed by atoms with van der Waals surface area (Å²) in [6.07, 6.45) is 5.92. The quantitative estimate of drug-likeness (QED) is 0.728. The number of benzene rings is 1. The highest BCUT2D eigenvalue weighted by molar-refractivity contribution is 6.35. The van der Waals surface area contributed by atoms with Gasteiger partial charge in [0.1, 0.15) is 0 Å². The van der Waals surface area contributed by atoms with Gasteiger partial charge >= 0.3 is 0 Å². The summed E-state index contributed by atoms with van der Waals surface area (Å²) in [5.74, 6) is 0.241. The van der Waals surface area contributed by atoms with E-state index in [1.807, 2.05) is 26.2 Å². The number of hydrogen-bond acceptors (Lipinski definition) is 2. The Morgan fingerprint density at radius 2 is 1.87 bits per heavy atom. The van der Waals surface area contributed by atoms with Crippen LogP contribution in [-0.2, 0) is 11.2 Å². The van der Waals surface area contributed by atoms with Gasteiger partial charge in [-0.2, -0.15) is 0 Å². The van der Waals surface area contributed by atoms with Crippen LogP contribution in [0.1, 0.15) is 37.7 Å². The van der Waals surface area contributed by atoms with E-state index in [-0.39, 0.29) is 5.91 Å². The lowest BCUT2D eigenvalue weighted by Gasteiger charge is -2.30. The van der Waals surface area contributed by atoms with E-state index in [2.05, 4.69) is 9.80 Å². The number of amides is 1. The lowest BCUT2D eigenvalue weighted by molar-refractivity contribution is -0.133. The number of carbonyl (C=O) groups is 1. The monoisotopic (exact) mass is 356 g/mol. The van der Waals surface area contributed by atoms with Crippen molar-refractivity contribution in [3.63, 3.8) is 0 Å². The molecule has 1 saturated carbocycles. The number of aryl methyl sites for hydroxylation is 1. The van der Waals surface area contributed by atoms with Crippen molar-refractivity contribution in [2.45, 2.75) is 44.6 Å². The molecule has 5 heteroatoms. The molecular weight excluding hydrogens is 331 g/mol. The van der Waals surface area contributed by atoms with Crippen molar-refractivity contribution in [2.75, 3.05) is 27.2 Å². The van der Waals surface area contributed by atoms with Gasteiger partial charge in [0.2, 0.25) is 5.91 Å². The Labute approximate surface area is 149 Å². The van der Waals surface area contributed by atoms with Gasteiger partial charge in [0, 0.05) is 35.6 Å². The standard InChI is InChI=1S/C18H26Cl2N2O/c1-21(2)11-12-22(16-5-3-4-6-16)18(23)10-8-14-7-9-15(19)13-17(14)20/h7,9,13,16H,3-6,8,10-12H2,1-2H3. The lowest BCUT2D eigenvalue weighted by atomic mass is 10.1. The first-order valence-corrected chi connectivity index (χ1v) is 9.11. The third-order valence-electron chi connectivity index (χ3n) is 4.50. The van der Waals surface area contributed by atoms with E-state index >= 15 is 0 Å². The van der Waals surface area contributed by atoms with Crippen molar-refractivity contribution in [1.29, 1.82) is 0 Å². The molecule has 1 aliphatic rings. The van der Waals surface area contributed by atoms with E-state index in [1.165, 1.54) is 12.8 Å². The number of rotatable bonds is 7. The van der Waals surface area contributed by atoms with Crippen molar-refractivity contribution in [3.05, 3.63) is 33.8 Å². The van der Waals surface area contributed by atoms with E-state index in [0.717, 1.165) is 31.5 Å². The van der Waals surface area contributed by atoms with Crippen LogP contribution in [0.15, 0.2) is 18.2 Å². The predicted octanol–water partition coefficient (Wildman–Crippen LogP) is 4.26. The lowest BCUT2D eigenvalue weighted by Crippen LogP contribution is -2.42. The highest BCUT2D eigenvalue weighted by Gasteiger charge is 2.26. The zero-order chi connectivity index (χ0) is 16.8. The van der Waals surface area contributed by atoms with Crippen molar-refractivity contribution in [1.82, 2.24) is 9.80 Å². The summed E-state index contributed by atoms with van der Waals surface area (Å²) in [5, 5.41) is 1.27. The Bertz CT molecular complexity index is 528. The summed E-state index contributed by atoms with van der Waals surface area (Å²) in [4.78, 5) is 17.0. The molecule has 0 saturated heterocycles. The maximum atomic E-state index is 12.7. The maximum Gasteiger partial charge on any atom is 0.223 e. The van der Waals surface area contributed by atoms with Crippen LogP contribution >= 0.6 is 23.2 Å². The molecule has 0 aliphatic heterocycles. The molecule has 1 aromatic carbocycles. The van der Waals surface area contributed by atoms with Crippen molar-refractivity contribution in [2.24, 2.45) is 0 Å². The second-order valence-corrected chi connectivity index (χ2v) is 7.41. The number of carbonyl (C=O) groups excluding carboxylic acids is 1. The Kier molecular flexibility index (Phi) is 7.19. The fourth-order valence-electron chi connectivity index (χ4n) is 3.14. The molecule has 1 aromatic rings. The Morgan fingerprint density at radius 1 is 1.17 bits per heavy atom. The summed E-state index contributed by atoms with van der Waals surface area (Å²) in [5.41, 5.74) is 0.989. The molecule has 0 aromatic heterocycles. The molecule has 0 atom stereocenters. The number of nitrogens with zero attached hydrogens (tertiary/aromatic N) is 2. The third-order valence-corrected chi connectivity index (χ3v) is 5.08. The van der Waals surface area contributed by atoms with Crippen LogP contribution in [0.5, 0.6) is 0 Å². The van der Waals surface area contributed by atoms with Gasteiger partial charge in [-0.15, -0.1) is 0 Å². The van der Waals surface area contributed by atoms with Gasteiger partial charge in [0.25, 0.3) is 0 Å². The minimum Gasteiger partial charge on any atom is -0.338 e. The highest BCUT2D eigenvalue weighted by Crippen LogP contribution is 2.25. The first-order chi connectivity index (χ1) is 11.0. The molecule has 0 bridgehead atoms. The maximum absolute atomic E-state index is 12.7. The zero-order valence-electron chi connectivity index (χ0n) is 14.0. The molecule has 1 aliphatic carbocycles. The molecule has 0 heterocycles. The summed E-state index contributed by atoms with van der Waals surface area (Å²) in [6.45, 7) is 1.72. The van der Waals surface area contributed by atoms with E-state index in [0.29, 0.717) is 28.9 Å². The second kappa shape index (κ2) is 8.91. The summed E-state index contributed by atoms with van der Waals surface area (Å²) < 4.78 is 0. The van der Waals surface area contributed by atoms with Gasteiger partial charge in [-0.1, -0.05) is 42.1 Å². The first-order valence-electron chi connectivity index (χ1n) is 8.35. The smallest absolute Gasteiger partial charge is 0.223 e. The van der Waals surface area contributed by atoms with Gasteiger partial charge in [-0.3, -0.25) is 4.79 Å². The molecule has 0 radical (unpaired) electrons. The topological polar surface area (TPSA) is 23.6 Å². The van der Waals surface area contributed by atoms with Gasteiger partial charge in [0.05, 0.1) is 0 Å². The molecule has 0 N–H and O–H groups in total. The van der Waals surface area contributed by atoms with E-state index in [1.54, 1.807) is 6.07 Å². The fourth-order valence-corrected chi connectivity index (χ4v) is 3.65. The van der Waals surface area contributed by atoms with Crippen LogP contribution in [0.2, 0.25) is 10.0 Å². The third kappa shape index (κ3) is 5.66. The largest absolute Gasteiger partial charge is 0.338 e. The number of halogens is 2. The predicted molar refractivity (Wildman–Crippen MR) is 97.3 cm³/mol. The molecule has 0 spiro atoms. The summed E-state index contributed by atoms with van der Waals surface area (Å²) in [6, 6.07) is 5.90. The Morgan fingerprint density at radius 3 is 2.48 bits per heavy atom.